The first-order valence-corrected chi connectivity index (χ1v) is 9.51. The summed E-state index contributed by atoms with van der Waals surface area (Å²) in [4.78, 5) is 13.1. The van der Waals surface area contributed by atoms with Crippen LogP contribution in [0.1, 0.15) is 32.6 Å². The Morgan fingerprint density at radius 1 is 0.862 bits per heavy atom. The van der Waals surface area contributed by atoms with Crippen molar-refractivity contribution in [3.8, 4) is 17.2 Å². The Kier molecular flexibility index (Phi) is 4.99. The van der Waals surface area contributed by atoms with Crippen molar-refractivity contribution in [2.24, 2.45) is 0 Å². The SMILES string of the molecule is COc1ccc(C=C2c3cccc(Cl)c3C(=O)c3c(Cl)cccc32)c(OC)c1O. The van der Waals surface area contributed by atoms with Crippen molar-refractivity contribution < 1.29 is 19.4 Å². The molecular formula is C23H16Cl2O4. The highest BCUT2D eigenvalue weighted by Crippen LogP contribution is 2.45. The van der Waals surface area contributed by atoms with Crippen LogP contribution in [-0.4, -0.2) is 25.1 Å². The van der Waals surface area contributed by atoms with E-state index in [0.29, 0.717) is 43.6 Å². The number of hydrogen-bond acceptors (Lipinski definition) is 4. The third-order valence-corrected chi connectivity index (χ3v) is 5.54. The summed E-state index contributed by atoms with van der Waals surface area (Å²) >= 11 is 12.8. The molecular weight excluding hydrogens is 411 g/mol. The van der Waals surface area contributed by atoms with Crippen molar-refractivity contribution >= 4 is 40.6 Å². The van der Waals surface area contributed by atoms with Crippen LogP contribution in [0.2, 0.25) is 10.0 Å². The van der Waals surface area contributed by atoms with Crippen LogP contribution in [0.4, 0.5) is 0 Å². The number of hydrogen-bond donors (Lipinski definition) is 1. The molecule has 0 saturated carbocycles. The minimum absolute atomic E-state index is 0.103. The quantitative estimate of drug-likeness (QED) is 0.446. The summed E-state index contributed by atoms with van der Waals surface area (Å²) in [5.74, 6) is 0.248. The summed E-state index contributed by atoms with van der Waals surface area (Å²) in [6.07, 6.45) is 1.84. The highest BCUT2D eigenvalue weighted by atomic mass is 35.5. The van der Waals surface area contributed by atoms with Gasteiger partial charge in [0.05, 0.1) is 24.3 Å². The molecule has 0 atom stereocenters. The van der Waals surface area contributed by atoms with Crippen molar-refractivity contribution in [1.82, 2.24) is 0 Å². The number of methoxy groups -OCH3 is 2. The number of phenols is 1. The third-order valence-electron chi connectivity index (χ3n) is 4.91. The summed E-state index contributed by atoms with van der Waals surface area (Å²) in [5.41, 5.74) is 3.55. The molecule has 0 aliphatic heterocycles. The van der Waals surface area contributed by atoms with Crippen molar-refractivity contribution in [3.05, 3.63) is 86.4 Å². The molecule has 0 radical (unpaired) electrons. The van der Waals surface area contributed by atoms with E-state index in [4.69, 9.17) is 32.7 Å². The van der Waals surface area contributed by atoms with Gasteiger partial charge in [0.2, 0.25) is 5.75 Å². The van der Waals surface area contributed by atoms with Gasteiger partial charge in [-0.1, -0.05) is 47.5 Å². The van der Waals surface area contributed by atoms with E-state index in [2.05, 4.69) is 0 Å². The molecule has 0 saturated heterocycles. The predicted octanol–water partition coefficient (Wildman–Crippen LogP) is 5.85. The molecule has 0 bridgehead atoms. The molecule has 0 amide bonds. The molecule has 0 heterocycles. The fraction of sp³-hybridized carbons (Fsp3) is 0.0870. The maximum absolute atomic E-state index is 13.1. The van der Waals surface area contributed by atoms with Crippen molar-refractivity contribution in [2.75, 3.05) is 14.2 Å². The molecule has 146 valence electrons. The second-order valence-corrected chi connectivity index (χ2v) is 7.27. The number of aromatic hydroxyl groups is 1. The van der Waals surface area contributed by atoms with Crippen molar-refractivity contribution in [1.29, 1.82) is 0 Å². The standard InChI is InChI=1S/C23H16Cl2O4/c1-28-18-10-9-12(23(29-2)21(18)26)11-15-13-5-3-7-16(24)19(13)22(27)20-14(15)6-4-8-17(20)25/h3-11,26H,1-2H3. The van der Waals surface area contributed by atoms with Gasteiger partial charge in [0.1, 0.15) is 0 Å². The van der Waals surface area contributed by atoms with E-state index >= 15 is 0 Å². The van der Waals surface area contributed by atoms with Crippen LogP contribution in [0, 0.1) is 0 Å². The van der Waals surface area contributed by atoms with Gasteiger partial charge in [-0.2, -0.15) is 0 Å². The first kappa shape index (κ1) is 19.4. The van der Waals surface area contributed by atoms with Gasteiger partial charge in [-0.15, -0.1) is 0 Å². The number of halogens is 2. The average molecular weight is 427 g/mol. The van der Waals surface area contributed by atoms with Gasteiger partial charge in [0, 0.05) is 16.7 Å². The van der Waals surface area contributed by atoms with Crippen molar-refractivity contribution in [2.45, 2.75) is 0 Å². The maximum Gasteiger partial charge on any atom is 0.201 e. The van der Waals surface area contributed by atoms with E-state index in [1.165, 1.54) is 14.2 Å². The Labute approximate surface area is 177 Å². The summed E-state index contributed by atoms with van der Waals surface area (Å²) in [6, 6.07) is 14.0. The highest BCUT2D eigenvalue weighted by molar-refractivity contribution is 6.40. The Morgan fingerprint density at radius 3 is 1.97 bits per heavy atom. The first-order valence-electron chi connectivity index (χ1n) is 8.76. The van der Waals surface area contributed by atoms with Crippen LogP contribution in [0.15, 0.2) is 48.5 Å². The largest absolute Gasteiger partial charge is 0.502 e. The zero-order valence-corrected chi connectivity index (χ0v) is 17.1. The Morgan fingerprint density at radius 2 is 1.45 bits per heavy atom. The second-order valence-electron chi connectivity index (χ2n) is 6.45. The smallest absolute Gasteiger partial charge is 0.201 e. The molecule has 0 unspecified atom stereocenters. The lowest BCUT2D eigenvalue weighted by molar-refractivity contribution is 0.103. The normalized spacial score (nSPS) is 12.3. The fourth-order valence-corrected chi connectivity index (χ4v) is 4.12. The average Bonchev–Trinajstić information content (AvgIpc) is 2.71. The Balaban J connectivity index is 2.05. The zero-order chi connectivity index (χ0) is 20.7. The Hall–Kier alpha value is -2.95. The zero-order valence-electron chi connectivity index (χ0n) is 15.6. The van der Waals surface area contributed by atoms with Gasteiger partial charge in [-0.3, -0.25) is 4.79 Å². The number of ketones is 1. The molecule has 3 aromatic rings. The lowest BCUT2D eigenvalue weighted by atomic mass is 9.80. The monoisotopic (exact) mass is 426 g/mol. The van der Waals surface area contributed by atoms with E-state index in [1.807, 2.05) is 18.2 Å². The molecule has 29 heavy (non-hydrogen) atoms. The minimum atomic E-state index is -0.215. The Bertz CT molecular complexity index is 1120. The number of benzene rings is 3. The van der Waals surface area contributed by atoms with Crippen LogP contribution in [0.25, 0.3) is 11.6 Å². The molecule has 0 spiro atoms. The van der Waals surface area contributed by atoms with Gasteiger partial charge in [-0.25, -0.2) is 0 Å². The number of phenolic OH excluding ortho intramolecular Hbond substituents is 1. The van der Waals surface area contributed by atoms with Crippen LogP contribution in [0.5, 0.6) is 17.2 Å². The van der Waals surface area contributed by atoms with Crippen LogP contribution in [0.3, 0.4) is 0 Å². The number of fused-ring (bicyclic) bond motifs is 2. The topological polar surface area (TPSA) is 55.8 Å². The van der Waals surface area contributed by atoms with Gasteiger partial charge in [-0.05, 0) is 47.0 Å². The van der Waals surface area contributed by atoms with Gasteiger partial charge in [0.15, 0.2) is 17.3 Å². The lowest BCUT2D eigenvalue weighted by Gasteiger charge is -2.23. The highest BCUT2D eigenvalue weighted by Gasteiger charge is 2.31. The summed E-state index contributed by atoms with van der Waals surface area (Å²) in [6.45, 7) is 0. The summed E-state index contributed by atoms with van der Waals surface area (Å²) < 4.78 is 10.6. The predicted molar refractivity (Wildman–Crippen MR) is 115 cm³/mol. The van der Waals surface area contributed by atoms with Crippen LogP contribution in [-0.2, 0) is 0 Å². The number of carbonyl (C=O) groups excluding carboxylic acids is 1. The molecule has 1 aliphatic rings. The minimum Gasteiger partial charge on any atom is -0.502 e. The van der Waals surface area contributed by atoms with E-state index in [-0.39, 0.29) is 17.3 Å². The molecule has 0 fully saturated rings. The van der Waals surface area contributed by atoms with Gasteiger partial charge >= 0.3 is 0 Å². The molecule has 1 N–H and O–H groups in total. The van der Waals surface area contributed by atoms with E-state index in [1.54, 1.807) is 36.4 Å². The summed E-state index contributed by atoms with van der Waals surface area (Å²) in [5, 5.41) is 11.2. The van der Waals surface area contributed by atoms with E-state index < -0.39 is 0 Å². The number of carbonyl (C=O) groups is 1. The maximum atomic E-state index is 13.1. The van der Waals surface area contributed by atoms with E-state index in [9.17, 15) is 9.90 Å². The van der Waals surface area contributed by atoms with Crippen LogP contribution >= 0.6 is 23.2 Å². The van der Waals surface area contributed by atoms with Crippen LogP contribution < -0.4 is 9.47 Å². The van der Waals surface area contributed by atoms with Crippen molar-refractivity contribution in [3.63, 3.8) is 0 Å². The third kappa shape index (κ3) is 3.05. The number of rotatable bonds is 3. The molecule has 1 aliphatic carbocycles. The molecule has 4 nitrogen and oxygen atoms in total. The lowest BCUT2D eigenvalue weighted by Crippen LogP contribution is -2.15. The summed E-state index contributed by atoms with van der Waals surface area (Å²) in [7, 11) is 2.94. The molecule has 6 heteroatoms. The second kappa shape index (κ2) is 7.47. The van der Waals surface area contributed by atoms with E-state index in [0.717, 1.165) is 5.57 Å². The van der Waals surface area contributed by atoms with Gasteiger partial charge < -0.3 is 14.6 Å². The molecule has 0 aromatic heterocycles. The fourth-order valence-electron chi connectivity index (χ4n) is 3.60. The molecule has 3 aromatic carbocycles. The molecule has 4 rings (SSSR count). The van der Waals surface area contributed by atoms with Gasteiger partial charge in [0.25, 0.3) is 0 Å². The first-order chi connectivity index (χ1) is 14.0. The number of ether oxygens (including phenoxy) is 2.